The topological polar surface area (TPSA) is 41.3 Å². The van der Waals surface area contributed by atoms with Gasteiger partial charge < -0.3 is 10.0 Å². The summed E-state index contributed by atoms with van der Waals surface area (Å²) in [5.74, 6) is 0.878. The Labute approximate surface area is 110 Å². The van der Waals surface area contributed by atoms with E-state index in [-0.39, 0.29) is 6.10 Å². The third-order valence-corrected chi connectivity index (χ3v) is 4.06. The Balaban J connectivity index is 1.74. The second kappa shape index (κ2) is 6.34. The molecule has 0 spiro atoms. The Hall–Kier alpha value is -0.870. The number of nitrogens with zero attached hydrogens (tertiary/aromatic N) is 3. The molecular weight excluding hydrogens is 226 g/mol. The molecule has 2 rings (SSSR count). The van der Waals surface area contributed by atoms with Crippen molar-refractivity contribution in [2.45, 2.75) is 51.3 Å². The van der Waals surface area contributed by atoms with Gasteiger partial charge in [-0.3, -0.25) is 4.68 Å². The Morgan fingerprint density at radius 3 is 2.72 bits per heavy atom. The lowest BCUT2D eigenvalue weighted by molar-refractivity contribution is 0.0731. The standard InChI is InChI=1S/C14H25N3O/c1-12-4-6-13(7-5-12)16(2)10-14(18)11-17-9-3-8-15-17/h3,8-9,12-14,18H,4-7,10-11H2,1-2H3/t12?,13?,14-/m1/s1. The van der Waals surface area contributed by atoms with Gasteiger partial charge in [0.2, 0.25) is 0 Å². The van der Waals surface area contributed by atoms with E-state index in [4.69, 9.17) is 0 Å². The molecule has 1 fully saturated rings. The van der Waals surface area contributed by atoms with Gasteiger partial charge in [-0.15, -0.1) is 0 Å². The van der Waals surface area contributed by atoms with E-state index in [2.05, 4.69) is 24.0 Å². The number of hydrogen-bond acceptors (Lipinski definition) is 3. The SMILES string of the molecule is CC1CCC(N(C)C[C@@H](O)Cn2cccn2)CC1. The number of hydrogen-bond donors (Lipinski definition) is 1. The molecule has 0 radical (unpaired) electrons. The number of aliphatic hydroxyl groups is 1. The van der Waals surface area contributed by atoms with E-state index in [1.54, 1.807) is 10.9 Å². The minimum absolute atomic E-state index is 0.339. The average molecular weight is 251 g/mol. The molecule has 1 saturated carbocycles. The van der Waals surface area contributed by atoms with E-state index < -0.39 is 0 Å². The Bertz CT molecular complexity index is 331. The maximum atomic E-state index is 10.1. The summed E-state index contributed by atoms with van der Waals surface area (Å²) in [5.41, 5.74) is 0. The molecule has 0 aliphatic heterocycles. The fourth-order valence-electron chi connectivity index (χ4n) is 2.85. The predicted octanol–water partition coefficient (Wildman–Crippen LogP) is 1.75. The largest absolute Gasteiger partial charge is 0.390 e. The highest BCUT2D eigenvalue weighted by molar-refractivity contribution is 4.80. The van der Waals surface area contributed by atoms with Crippen molar-refractivity contribution in [2.24, 2.45) is 5.92 Å². The zero-order chi connectivity index (χ0) is 13.0. The summed E-state index contributed by atoms with van der Waals surface area (Å²) in [7, 11) is 2.13. The van der Waals surface area contributed by atoms with Crippen LogP contribution in [0.25, 0.3) is 0 Å². The minimum Gasteiger partial charge on any atom is -0.390 e. The average Bonchev–Trinajstić information content (AvgIpc) is 2.82. The monoisotopic (exact) mass is 251 g/mol. The normalized spacial score (nSPS) is 26.4. The van der Waals surface area contributed by atoms with Crippen molar-refractivity contribution in [3.63, 3.8) is 0 Å². The van der Waals surface area contributed by atoms with Crippen molar-refractivity contribution in [1.29, 1.82) is 0 Å². The zero-order valence-corrected chi connectivity index (χ0v) is 11.5. The summed E-state index contributed by atoms with van der Waals surface area (Å²) in [6.07, 6.45) is 8.49. The van der Waals surface area contributed by atoms with Gasteiger partial charge in [-0.25, -0.2) is 0 Å². The van der Waals surface area contributed by atoms with E-state index in [0.29, 0.717) is 12.6 Å². The number of rotatable bonds is 5. The molecule has 1 atom stereocenters. The van der Waals surface area contributed by atoms with E-state index in [1.807, 2.05) is 12.3 Å². The quantitative estimate of drug-likeness (QED) is 0.867. The molecule has 1 aliphatic rings. The Morgan fingerprint density at radius 1 is 1.39 bits per heavy atom. The van der Waals surface area contributed by atoms with Crippen LogP contribution in [0.4, 0.5) is 0 Å². The van der Waals surface area contributed by atoms with Gasteiger partial charge in [-0.1, -0.05) is 6.92 Å². The molecule has 0 amide bonds. The molecule has 1 N–H and O–H groups in total. The van der Waals surface area contributed by atoms with Gasteiger partial charge in [0.1, 0.15) is 0 Å². The van der Waals surface area contributed by atoms with Gasteiger partial charge >= 0.3 is 0 Å². The summed E-state index contributed by atoms with van der Waals surface area (Å²) in [6, 6.07) is 2.53. The smallest absolute Gasteiger partial charge is 0.0862 e. The first-order valence-corrected chi connectivity index (χ1v) is 7.01. The zero-order valence-electron chi connectivity index (χ0n) is 11.5. The van der Waals surface area contributed by atoms with E-state index in [0.717, 1.165) is 12.5 Å². The van der Waals surface area contributed by atoms with Crippen molar-refractivity contribution in [1.82, 2.24) is 14.7 Å². The van der Waals surface area contributed by atoms with E-state index in [1.165, 1.54) is 25.7 Å². The van der Waals surface area contributed by atoms with Gasteiger partial charge in [-0.2, -0.15) is 5.10 Å². The highest BCUT2D eigenvalue weighted by Crippen LogP contribution is 2.26. The maximum absolute atomic E-state index is 10.1. The van der Waals surface area contributed by atoms with Crippen LogP contribution in [-0.2, 0) is 6.54 Å². The number of likely N-dealkylation sites (N-methyl/N-ethyl adjacent to an activating group) is 1. The second-order valence-electron chi connectivity index (χ2n) is 5.74. The molecule has 1 aromatic rings. The molecule has 1 heterocycles. The van der Waals surface area contributed by atoms with Crippen molar-refractivity contribution < 1.29 is 5.11 Å². The number of aromatic nitrogens is 2. The van der Waals surface area contributed by atoms with Gasteiger partial charge in [0.05, 0.1) is 12.6 Å². The molecule has 0 bridgehead atoms. The highest BCUT2D eigenvalue weighted by Gasteiger charge is 2.23. The molecule has 0 saturated heterocycles. The van der Waals surface area contributed by atoms with E-state index >= 15 is 0 Å². The van der Waals surface area contributed by atoms with Crippen LogP contribution < -0.4 is 0 Å². The minimum atomic E-state index is -0.339. The van der Waals surface area contributed by atoms with Crippen molar-refractivity contribution in [3.8, 4) is 0 Å². The van der Waals surface area contributed by atoms with Crippen LogP contribution in [0.2, 0.25) is 0 Å². The van der Waals surface area contributed by atoms with Gasteiger partial charge in [0.25, 0.3) is 0 Å². The summed E-state index contributed by atoms with van der Waals surface area (Å²) in [4.78, 5) is 2.32. The third kappa shape index (κ3) is 3.82. The molecule has 4 nitrogen and oxygen atoms in total. The maximum Gasteiger partial charge on any atom is 0.0862 e. The summed E-state index contributed by atoms with van der Waals surface area (Å²) in [5, 5.41) is 14.2. The first-order valence-electron chi connectivity index (χ1n) is 7.01. The predicted molar refractivity (Wildman–Crippen MR) is 72.3 cm³/mol. The van der Waals surface area contributed by atoms with Crippen LogP contribution in [0.5, 0.6) is 0 Å². The lowest BCUT2D eigenvalue weighted by atomic mass is 9.86. The Morgan fingerprint density at radius 2 is 2.11 bits per heavy atom. The lowest BCUT2D eigenvalue weighted by Crippen LogP contribution is -2.40. The molecular formula is C14H25N3O. The first-order chi connectivity index (χ1) is 8.65. The number of aliphatic hydroxyl groups excluding tert-OH is 1. The van der Waals surface area contributed by atoms with Crippen LogP contribution in [0.3, 0.4) is 0 Å². The molecule has 18 heavy (non-hydrogen) atoms. The molecule has 1 aromatic heterocycles. The second-order valence-corrected chi connectivity index (χ2v) is 5.74. The highest BCUT2D eigenvalue weighted by atomic mass is 16.3. The fourth-order valence-corrected chi connectivity index (χ4v) is 2.85. The summed E-state index contributed by atoms with van der Waals surface area (Å²) in [6.45, 7) is 3.65. The van der Waals surface area contributed by atoms with Crippen LogP contribution in [-0.4, -0.2) is 45.5 Å². The van der Waals surface area contributed by atoms with Crippen LogP contribution in [0, 0.1) is 5.92 Å². The lowest BCUT2D eigenvalue weighted by Gasteiger charge is -2.34. The summed E-state index contributed by atoms with van der Waals surface area (Å²) < 4.78 is 1.79. The Kier molecular flexibility index (Phi) is 4.78. The summed E-state index contributed by atoms with van der Waals surface area (Å²) >= 11 is 0. The van der Waals surface area contributed by atoms with Crippen molar-refractivity contribution in [3.05, 3.63) is 18.5 Å². The van der Waals surface area contributed by atoms with E-state index in [9.17, 15) is 5.11 Å². The molecule has 0 aromatic carbocycles. The molecule has 0 unspecified atom stereocenters. The molecule has 1 aliphatic carbocycles. The third-order valence-electron chi connectivity index (χ3n) is 4.06. The van der Waals surface area contributed by atoms with Crippen LogP contribution in [0.15, 0.2) is 18.5 Å². The first kappa shape index (κ1) is 13.6. The van der Waals surface area contributed by atoms with Gasteiger partial charge in [-0.05, 0) is 44.7 Å². The molecule has 102 valence electrons. The van der Waals surface area contributed by atoms with Crippen molar-refractivity contribution >= 4 is 0 Å². The van der Waals surface area contributed by atoms with Crippen LogP contribution >= 0.6 is 0 Å². The van der Waals surface area contributed by atoms with Gasteiger partial charge in [0.15, 0.2) is 0 Å². The fraction of sp³-hybridized carbons (Fsp3) is 0.786. The van der Waals surface area contributed by atoms with Crippen molar-refractivity contribution in [2.75, 3.05) is 13.6 Å². The van der Waals surface area contributed by atoms with Gasteiger partial charge in [0, 0.05) is 25.0 Å². The van der Waals surface area contributed by atoms with Crippen LogP contribution in [0.1, 0.15) is 32.6 Å². The molecule has 4 heteroatoms.